The molecule has 0 spiro atoms. The third kappa shape index (κ3) is 5.42. The number of sulfonamides is 1. The molecule has 0 aliphatic rings. The SMILES string of the molecule is Cc1ccc(S(=O)(=O)Nc2ccccc2C=Nc2c(C(C)C)cccc2C(C)C)cc1. The summed E-state index contributed by atoms with van der Waals surface area (Å²) in [6.45, 7) is 10.5. The van der Waals surface area contributed by atoms with Crippen LogP contribution in [0.1, 0.15) is 61.8 Å². The van der Waals surface area contributed by atoms with E-state index in [9.17, 15) is 8.42 Å². The summed E-state index contributed by atoms with van der Waals surface area (Å²) in [6.07, 6.45) is 1.75. The topological polar surface area (TPSA) is 58.5 Å². The molecule has 0 aromatic heterocycles. The van der Waals surface area contributed by atoms with E-state index in [-0.39, 0.29) is 4.90 Å². The van der Waals surface area contributed by atoms with Crippen LogP contribution in [0.5, 0.6) is 0 Å². The van der Waals surface area contributed by atoms with Crippen molar-refractivity contribution in [2.24, 2.45) is 4.99 Å². The number of benzene rings is 3. The van der Waals surface area contributed by atoms with Gasteiger partial charge in [-0.25, -0.2) is 8.42 Å². The van der Waals surface area contributed by atoms with Gasteiger partial charge in [0.2, 0.25) is 0 Å². The standard InChI is InChI=1S/C26H30N2O2S/c1-18(2)23-10-8-11-24(19(3)4)26(23)27-17-21-9-6-7-12-25(21)28-31(29,30)22-15-13-20(5)14-16-22/h6-19,28H,1-5H3. The second-order valence-corrected chi connectivity index (χ2v) is 10.0. The second kappa shape index (κ2) is 9.48. The molecular formula is C26H30N2O2S. The van der Waals surface area contributed by atoms with Crippen molar-refractivity contribution in [3.8, 4) is 0 Å². The summed E-state index contributed by atoms with van der Waals surface area (Å²) in [7, 11) is -3.69. The average Bonchev–Trinajstić information content (AvgIpc) is 2.72. The Morgan fingerprint density at radius 3 is 1.97 bits per heavy atom. The molecule has 31 heavy (non-hydrogen) atoms. The van der Waals surface area contributed by atoms with Crippen molar-refractivity contribution in [1.29, 1.82) is 0 Å². The third-order valence-corrected chi connectivity index (χ3v) is 6.59. The predicted octanol–water partition coefficient (Wildman–Crippen LogP) is 6.79. The quantitative estimate of drug-likeness (QED) is 0.416. The Hall–Kier alpha value is -2.92. The van der Waals surface area contributed by atoms with Crippen LogP contribution in [0.25, 0.3) is 0 Å². The van der Waals surface area contributed by atoms with E-state index >= 15 is 0 Å². The molecule has 0 radical (unpaired) electrons. The molecule has 0 atom stereocenters. The lowest BCUT2D eigenvalue weighted by atomic mass is 9.93. The molecule has 0 aliphatic carbocycles. The highest BCUT2D eigenvalue weighted by Gasteiger charge is 2.16. The van der Waals surface area contributed by atoms with Crippen molar-refractivity contribution in [1.82, 2.24) is 0 Å². The Morgan fingerprint density at radius 2 is 1.39 bits per heavy atom. The molecule has 4 nitrogen and oxygen atoms in total. The maximum Gasteiger partial charge on any atom is 0.261 e. The van der Waals surface area contributed by atoms with Crippen LogP contribution in [0.15, 0.2) is 76.6 Å². The summed E-state index contributed by atoms with van der Waals surface area (Å²) in [4.78, 5) is 5.07. The minimum atomic E-state index is -3.69. The molecule has 162 valence electrons. The lowest BCUT2D eigenvalue weighted by Crippen LogP contribution is -2.14. The largest absolute Gasteiger partial charge is 0.279 e. The van der Waals surface area contributed by atoms with E-state index in [1.165, 1.54) is 11.1 Å². The summed E-state index contributed by atoms with van der Waals surface area (Å²) < 4.78 is 28.5. The van der Waals surface area contributed by atoms with E-state index in [0.717, 1.165) is 11.3 Å². The molecule has 1 N–H and O–H groups in total. The number of hydrogen-bond donors (Lipinski definition) is 1. The fourth-order valence-electron chi connectivity index (χ4n) is 3.42. The van der Waals surface area contributed by atoms with E-state index in [1.54, 1.807) is 36.5 Å². The molecule has 3 aromatic carbocycles. The van der Waals surface area contributed by atoms with E-state index in [0.29, 0.717) is 23.1 Å². The number of anilines is 1. The van der Waals surface area contributed by atoms with Crippen molar-refractivity contribution in [3.05, 3.63) is 89.0 Å². The maximum absolute atomic E-state index is 12.9. The first kappa shape index (κ1) is 22.8. The van der Waals surface area contributed by atoms with Gasteiger partial charge in [0.1, 0.15) is 0 Å². The highest BCUT2D eigenvalue weighted by Crippen LogP contribution is 2.34. The monoisotopic (exact) mass is 434 g/mol. The van der Waals surface area contributed by atoms with Crippen LogP contribution in [0.4, 0.5) is 11.4 Å². The first-order valence-corrected chi connectivity index (χ1v) is 12.0. The third-order valence-electron chi connectivity index (χ3n) is 5.21. The summed E-state index contributed by atoms with van der Waals surface area (Å²) in [5.41, 5.74) is 5.55. The van der Waals surface area contributed by atoms with Crippen LogP contribution in [0.2, 0.25) is 0 Å². The first-order valence-electron chi connectivity index (χ1n) is 10.5. The molecule has 0 saturated heterocycles. The molecule has 3 aromatic rings. The highest BCUT2D eigenvalue weighted by molar-refractivity contribution is 7.92. The number of nitrogens with one attached hydrogen (secondary N) is 1. The van der Waals surface area contributed by atoms with E-state index in [1.807, 2.05) is 25.1 Å². The van der Waals surface area contributed by atoms with Crippen LogP contribution >= 0.6 is 0 Å². The maximum atomic E-state index is 12.9. The number of hydrogen-bond acceptors (Lipinski definition) is 3. The van der Waals surface area contributed by atoms with Crippen LogP contribution in [-0.4, -0.2) is 14.6 Å². The van der Waals surface area contributed by atoms with Gasteiger partial charge >= 0.3 is 0 Å². The lowest BCUT2D eigenvalue weighted by molar-refractivity contribution is 0.601. The fraction of sp³-hybridized carbons (Fsp3) is 0.269. The van der Waals surface area contributed by atoms with Crippen molar-refractivity contribution in [3.63, 3.8) is 0 Å². The first-order chi connectivity index (χ1) is 14.7. The van der Waals surface area contributed by atoms with E-state index < -0.39 is 10.0 Å². The normalized spacial score (nSPS) is 12.1. The van der Waals surface area contributed by atoms with Crippen molar-refractivity contribution in [2.75, 3.05) is 4.72 Å². The van der Waals surface area contributed by atoms with E-state index in [2.05, 4.69) is 50.6 Å². The second-order valence-electron chi connectivity index (χ2n) is 8.36. The van der Waals surface area contributed by atoms with Crippen LogP contribution in [0, 0.1) is 6.92 Å². The molecule has 0 bridgehead atoms. The number of aliphatic imine (C=N–C) groups is 1. The van der Waals surface area contributed by atoms with Crippen LogP contribution in [0.3, 0.4) is 0 Å². The van der Waals surface area contributed by atoms with Gasteiger partial charge in [-0.05, 0) is 48.1 Å². The van der Waals surface area contributed by atoms with Gasteiger partial charge in [-0.2, -0.15) is 0 Å². The Balaban J connectivity index is 1.99. The highest BCUT2D eigenvalue weighted by atomic mass is 32.2. The van der Waals surface area contributed by atoms with Gasteiger partial charge in [-0.15, -0.1) is 0 Å². The zero-order chi connectivity index (χ0) is 22.6. The summed E-state index contributed by atoms with van der Waals surface area (Å²) in [5.74, 6) is 0.669. The zero-order valence-electron chi connectivity index (χ0n) is 18.8. The molecule has 0 fully saturated rings. The molecule has 0 unspecified atom stereocenters. The number of rotatable bonds is 7. The Morgan fingerprint density at radius 1 is 0.806 bits per heavy atom. The number of aryl methyl sites for hydroxylation is 1. The zero-order valence-corrected chi connectivity index (χ0v) is 19.6. The number of para-hydroxylation sites is 2. The molecule has 3 rings (SSSR count). The smallest absolute Gasteiger partial charge is 0.261 e. The minimum Gasteiger partial charge on any atom is -0.279 e. The van der Waals surface area contributed by atoms with Crippen molar-refractivity contribution >= 4 is 27.6 Å². The van der Waals surface area contributed by atoms with Gasteiger partial charge in [-0.3, -0.25) is 9.71 Å². The molecule has 0 heterocycles. The summed E-state index contributed by atoms with van der Waals surface area (Å²) in [6, 6.07) is 20.4. The summed E-state index contributed by atoms with van der Waals surface area (Å²) >= 11 is 0. The molecule has 0 aliphatic heterocycles. The lowest BCUT2D eigenvalue weighted by Gasteiger charge is -2.16. The Kier molecular flexibility index (Phi) is 6.96. The van der Waals surface area contributed by atoms with Crippen LogP contribution < -0.4 is 4.72 Å². The van der Waals surface area contributed by atoms with Gasteiger partial charge in [0, 0.05) is 11.8 Å². The number of nitrogens with zero attached hydrogens (tertiary/aromatic N) is 1. The molecule has 5 heteroatoms. The average molecular weight is 435 g/mol. The van der Waals surface area contributed by atoms with Gasteiger partial charge in [0.05, 0.1) is 16.3 Å². The Bertz CT molecular complexity index is 1150. The molecule has 0 saturated carbocycles. The molecular weight excluding hydrogens is 404 g/mol. The minimum absolute atomic E-state index is 0.233. The summed E-state index contributed by atoms with van der Waals surface area (Å²) in [5, 5.41) is 0. The van der Waals surface area contributed by atoms with Crippen LogP contribution in [-0.2, 0) is 10.0 Å². The predicted molar refractivity (Wildman–Crippen MR) is 130 cm³/mol. The Labute approximate surface area is 186 Å². The fourth-order valence-corrected chi connectivity index (χ4v) is 4.51. The van der Waals surface area contributed by atoms with Crippen molar-refractivity contribution in [2.45, 2.75) is 51.3 Å². The van der Waals surface area contributed by atoms with Gasteiger partial charge < -0.3 is 0 Å². The van der Waals surface area contributed by atoms with Crippen molar-refractivity contribution < 1.29 is 8.42 Å². The van der Waals surface area contributed by atoms with Gasteiger partial charge in [0.15, 0.2) is 0 Å². The van der Waals surface area contributed by atoms with E-state index in [4.69, 9.17) is 4.99 Å². The van der Waals surface area contributed by atoms with Gasteiger partial charge in [-0.1, -0.05) is 81.8 Å². The molecule has 0 amide bonds. The van der Waals surface area contributed by atoms with Gasteiger partial charge in [0.25, 0.3) is 10.0 Å².